The summed E-state index contributed by atoms with van der Waals surface area (Å²) >= 11 is 0. The van der Waals surface area contributed by atoms with Crippen molar-refractivity contribution in [2.75, 3.05) is 13.2 Å². The second-order valence-corrected chi connectivity index (χ2v) is 4.18. The summed E-state index contributed by atoms with van der Waals surface area (Å²) in [7, 11) is 0. The van der Waals surface area contributed by atoms with E-state index in [4.69, 9.17) is 4.74 Å². The molecule has 90 valence electrons. The molecule has 0 spiro atoms. The largest absolute Gasteiger partial charge is 0.377 e. The van der Waals surface area contributed by atoms with Crippen LogP contribution in [0.4, 0.5) is 8.78 Å². The second kappa shape index (κ2) is 4.09. The summed E-state index contributed by atoms with van der Waals surface area (Å²) in [5.41, 5.74) is 9.02. The van der Waals surface area contributed by atoms with E-state index < -0.39 is 11.6 Å². The van der Waals surface area contributed by atoms with E-state index in [1.807, 2.05) is 0 Å². The van der Waals surface area contributed by atoms with Gasteiger partial charge in [0.1, 0.15) is 0 Å². The van der Waals surface area contributed by atoms with Crippen LogP contribution in [0.1, 0.15) is 18.0 Å². The first-order valence-corrected chi connectivity index (χ1v) is 5.52. The maximum atomic E-state index is 13.2. The van der Waals surface area contributed by atoms with E-state index in [0.717, 1.165) is 23.8 Å². The van der Waals surface area contributed by atoms with Crippen LogP contribution in [0.25, 0.3) is 0 Å². The molecule has 0 aliphatic carbocycles. The predicted molar refractivity (Wildman–Crippen MR) is 57.8 cm³/mol. The summed E-state index contributed by atoms with van der Waals surface area (Å²) < 4.78 is 31.4. The fraction of sp³-hybridized carbons (Fsp3) is 0.333. The smallest absolute Gasteiger partial charge is 0.159 e. The zero-order valence-corrected chi connectivity index (χ0v) is 9.09. The predicted octanol–water partition coefficient (Wildman–Crippen LogP) is 1.79. The van der Waals surface area contributed by atoms with E-state index in [0.29, 0.717) is 18.8 Å². The molecule has 0 fully saturated rings. The zero-order valence-electron chi connectivity index (χ0n) is 9.09. The summed E-state index contributed by atoms with van der Waals surface area (Å²) in [5, 5.41) is 0. The molecule has 0 saturated carbocycles. The second-order valence-electron chi connectivity index (χ2n) is 4.18. The van der Waals surface area contributed by atoms with Crippen molar-refractivity contribution in [1.29, 1.82) is 0 Å². The minimum atomic E-state index is -0.825. The topological polar surface area (TPSA) is 33.3 Å². The van der Waals surface area contributed by atoms with E-state index in [9.17, 15) is 8.78 Å². The number of hydrogen-bond donors (Lipinski definition) is 2. The van der Waals surface area contributed by atoms with Crippen LogP contribution in [-0.2, 0) is 4.74 Å². The molecule has 0 radical (unpaired) electrons. The number of halogens is 2. The van der Waals surface area contributed by atoms with Gasteiger partial charge in [-0.15, -0.1) is 0 Å². The van der Waals surface area contributed by atoms with Gasteiger partial charge in [0, 0.05) is 12.1 Å². The number of benzene rings is 1. The van der Waals surface area contributed by atoms with Gasteiger partial charge in [-0.05, 0) is 23.3 Å². The van der Waals surface area contributed by atoms with E-state index in [2.05, 4.69) is 10.9 Å². The molecule has 2 N–H and O–H groups in total. The minimum absolute atomic E-state index is 0.139. The SMILES string of the molecule is Fc1ccc(C2NNC3=C2COCC3)cc1F. The van der Waals surface area contributed by atoms with Gasteiger partial charge in [-0.3, -0.25) is 0 Å². The fourth-order valence-corrected chi connectivity index (χ4v) is 2.23. The molecule has 1 atom stereocenters. The van der Waals surface area contributed by atoms with Crippen LogP contribution >= 0.6 is 0 Å². The monoisotopic (exact) mass is 238 g/mol. The Hall–Kier alpha value is -1.46. The summed E-state index contributed by atoms with van der Waals surface area (Å²) in [4.78, 5) is 0. The van der Waals surface area contributed by atoms with Crippen LogP contribution in [0.3, 0.4) is 0 Å². The van der Waals surface area contributed by atoms with Crippen LogP contribution in [0.5, 0.6) is 0 Å². The lowest BCUT2D eigenvalue weighted by molar-refractivity contribution is 0.144. The molecule has 3 rings (SSSR count). The minimum Gasteiger partial charge on any atom is -0.377 e. The maximum Gasteiger partial charge on any atom is 0.159 e. The highest BCUT2D eigenvalue weighted by Crippen LogP contribution is 2.31. The summed E-state index contributed by atoms with van der Waals surface area (Å²) in [6, 6.07) is 3.82. The molecular formula is C12H12F2N2O. The van der Waals surface area contributed by atoms with Gasteiger partial charge < -0.3 is 10.2 Å². The average molecular weight is 238 g/mol. The lowest BCUT2D eigenvalue weighted by Gasteiger charge is -2.18. The molecule has 0 amide bonds. The molecule has 17 heavy (non-hydrogen) atoms. The lowest BCUT2D eigenvalue weighted by Crippen LogP contribution is -2.27. The Bertz CT molecular complexity index is 487. The highest BCUT2D eigenvalue weighted by Gasteiger charge is 2.28. The van der Waals surface area contributed by atoms with Crippen LogP contribution < -0.4 is 10.9 Å². The Kier molecular flexibility index (Phi) is 2.57. The number of nitrogens with one attached hydrogen (secondary N) is 2. The van der Waals surface area contributed by atoms with Crippen LogP contribution in [0.2, 0.25) is 0 Å². The summed E-state index contributed by atoms with van der Waals surface area (Å²) in [6.45, 7) is 1.22. The first kappa shape index (κ1) is 10.7. The van der Waals surface area contributed by atoms with Crippen molar-refractivity contribution in [2.24, 2.45) is 0 Å². The van der Waals surface area contributed by atoms with Crippen molar-refractivity contribution in [2.45, 2.75) is 12.5 Å². The molecule has 1 aromatic carbocycles. The Morgan fingerprint density at radius 1 is 1.24 bits per heavy atom. The van der Waals surface area contributed by atoms with Crippen molar-refractivity contribution in [1.82, 2.24) is 10.9 Å². The van der Waals surface area contributed by atoms with Crippen molar-refractivity contribution in [3.8, 4) is 0 Å². The van der Waals surface area contributed by atoms with Crippen LogP contribution in [0, 0.1) is 11.6 Å². The van der Waals surface area contributed by atoms with Crippen molar-refractivity contribution in [3.05, 3.63) is 46.7 Å². The quantitative estimate of drug-likeness (QED) is 0.782. The van der Waals surface area contributed by atoms with Gasteiger partial charge >= 0.3 is 0 Å². The molecule has 5 heteroatoms. The number of hydrazine groups is 1. The molecular weight excluding hydrogens is 226 g/mol. The average Bonchev–Trinajstić information content (AvgIpc) is 2.76. The first-order chi connectivity index (χ1) is 8.25. The molecule has 0 aromatic heterocycles. The Morgan fingerprint density at radius 3 is 2.94 bits per heavy atom. The highest BCUT2D eigenvalue weighted by atomic mass is 19.2. The van der Waals surface area contributed by atoms with Crippen LogP contribution in [-0.4, -0.2) is 13.2 Å². The normalized spacial score (nSPS) is 23.5. The lowest BCUT2D eigenvalue weighted by atomic mass is 9.97. The number of rotatable bonds is 1. The molecule has 2 aliphatic heterocycles. The molecule has 0 bridgehead atoms. The molecule has 1 unspecified atom stereocenters. The third kappa shape index (κ3) is 1.81. The third-order valence-electron chi connectivity index (χ3n) is 3.13. The van der Waals surface area contributed by atoms with Gasteiger partial charge in [0.15, 0.2) is 11.6 Å². The van der Waals surface area contributed by atoms with Gasteiger partial charge in [0.2, 0.25) is 0 Å². The zero-order chi connectivity index (χ0) is 11.8. The van der Waals surface area contributed by atoms with Crippen molar-refractivity contribution >= 4 is 0 Å². The summed E-state index contributed by atoms with van der Waals surface area (Å²) in [6.07, 6.45) is 0.822. The van der Waals surface area contributed by atoms with Gasteiger partial charge in [-0.1, -0.05) is 6.07 Å². The molecule has 2 aliphatic rings. The van der Waals surface area contributed by atoms with Crippen LogP contribution in [0.15, 0.2) is 29.5 Å². The Labute approximate surface area is 97.4 Å². The van der Waals surface area contributed by atoms with Crippen molar-refractivity contribution in [3.63, 3.8) is 0 Å². The third-order valence-corrected chi connectivity index (χ3v) is 3.13. The van der Waals surface area contributed by atoms with E-state index >= 15 is 0 Å². The van der Waals surface area contributed by atoms with E-state index in [1.54, 1.807) is 6.07 Å². The standard InChI is InChI=1S/C12H12F2N2O/c13-9-2-1-7(5-10(9)14)12-8-6-17-4-3-11(8)15-16-12/h1-2,5,12,15-16H,3-4,6H2. The number of ether oxygens (including phenoxy) is 1. The van der Waals surface area contributed by atoms with Gasteiger partial charge in [-0.25, -0.2) is 14.2 Å². The Morgan fingerprint density at radius 2 is 2.12 bits per heavy atom. The van der Waals surface area contributed by atoms with Gasteiger partial charge in [-0.2, -0.15) is 0 Å². The van der Waals surface area contributed by atoms with Gasteiger partial charge in [0.25, 0.3) is 0 Å². The first-order valence-electron chi connectivity index (χ1n) is 5.52. The highest BCUT2D eigenvalue weighted by molar-refractivity contribution is 5.35. The fourth-order valence-electron chi connectivity index (χ4n) is 2.23. The van der Waals surface area contributed by atoms with E-state index in [1.165, 1.54) is 6.07 Å². The Balaban J connectivity index is 1.94. The van der Waals surface area contributed by atoms with E-state index in [-0.39, 0.29) is 6.04 Å². The molecule has 2 heterocycles. The van der Waals surface area contributed by atoms with Crippen molar-refractivity contribution < 1.29 is 13.5 Å². The molecule has 0 saturated heterocycles. The molecule has 1 aromatic rings. The molecule has 3 nitrogen and oxygen atoms in total. The van der Waals surface area contributed by atoms with Gasteiger partial charge in [0.05, 0.1) is 19.3 Å². The summed E-state index contributed by atoms with van der Waals surface area (Å²) in [5.74, 6) is -1.65. The number of hydrogen-bond acceptors (Lipinski definition) is 3. The maximum absolute atomic E-state index is 13.2.